The maximum atomic E-state index is 13.2. The Kier molecular flexibility index (Phi) is 9.08. The van der Waals surface area contributed by atoms with Crippen LogP contribution in [0.3, 0.4) is 0 Å². The number of ether oxygens (including phenoxy) is 2. The second-order valence-electron chi connectivity index (χ2n) is 11.3. The molecule has 0 atom stereocenters. The summed E-state index contributed by atoms with van der Waals surface area (Å²) in [6.45, 7) is 7.53. The van der Waals surface area contributed by atoms with E-state index in [4.69, 9.17) is 21.1 Å². The van der Waals surface area contributed by atoms with E-state index in [1.54, 1.807) is 18.3 Å². The summed E-state index contributed by atoms with van der Waals surface area (Å²) in [5.74, 6) is 0.212. The first-order chi connectivity index (χ1) is 19.0. The molecule has 0 bridgehead atoms. The predicted molar refractivity (Wildman–Crippen MR) is 159 cm³/mol. The molecular weight excluding hydrogens is 530 g/mol. The molecular formula is C31H38ClN3O5. The molecule has 40 heavy (non-hydrogen) atoms. The number of carbonyl (C=O) groups excluding carboxylic acids is 2. The number of alkyl carbamates (subject to hydrolysis) is 1. The Morgan fingerprint density at radius 3 is 2.42 bits per heavy atom. The molecule has 1 saturated carbocycles. The molecule has 0 radical (unpaired) electrons. The molecule has 1 aliphatic carbocycles. The van der Waals surface area contributed by atoms with Crippen molar-refractivity contribution in [2.24, 2.45) is 0 Å². The number of aromatic nitrogens is 1. The monoisotopic (exact) mass is 567 g/mol. The Labute approximate surface area is 240 Å². The number of rotatable bonds is 8. The van der Waals surface area contributed by atoms with E-state index in [2.05, 4.69) is 15.6 Å². The van der Waals surface area contributed by atoms with Crippen LogP contribution >= 0.6 is 11.6 Å². The highest BCUT2D eigenvalue weighted by Crippen LogP contribution is 2.40. The molecule has 3 N–H and O–H groups in total. The van der Waals surface area contributed by atoms with E-state index in [1.807, 2.05) is 45.9 Å². The SMILES string of the molecule is CCCC(=O)c1cnc2ccc(-c3cc(Cl)c(O)c(OC)c3)cc2c1NC1CCC(NC(=O)OC(C)(C)C)CC1. The van der Waals surface area contributed by atoms with Gasteiger partial charge in [-0.1, -0.05) is 24.6 Å². The summed E-state index contributed by atoms with van der Waals surface area (Å²) in [6.07, 6.45) is 5.70. The summed E-state index contributed by atoms with van der Waals surface area (Å²) >= 11 is 6.27. The fourth-order valence-electron chi connectivity index (χ4n) is 5.06. The fourth-order valence-corrected chi connectivity index (χ4v) is 5.27. The highest BCUT2D eigenvalue weighted by atomic mass is 35.5. The van der Waals surface area contributed by atoms with Gasteiger partial charge in [-0.05, 0) is 88.3 Å². The first-order valence-electron chi connectivity index (χ1n) is 13.8. The van der Waals surface area contributed by atoms with E-state index in [0.717, 1.165) is 59.8 Å². The van der Waals surface area contributed by atoms with Crippen LogP contribution < -0.4 is 15.4 Å². The molecule has 0 unspecified atom stereocenters. The lowest BCUT2D eigenvalue weighted by molar-refractivity contribution is 0.0492. The summed E-state index contributed by atoms with van der Waals surface area (Å²) in [5, 5.41) is 17.9. The van der Waals surface area contributed by atoms with Gasteiger partial charge in [0.2, 0.25) is 0 Å². The summed E-state index contributed by atoms with van der Waals surface area (Å²) in [6, 6.07) is 9.43. The number of aromatic hydroxyl groups is 1. The van der Waals surface area contributed by atoms with E-state index in [1.165, 1.54) is 7.11 Å². The van der Waals surface area contributed by atoms with Gasteiger partial charge in [0.05, 0.1) is 28.9 Å². The molecule has 9 heteroatoms. The van der Waals surface area contributed by atoms with Crippen molar-refractivity contribution in [3.8, 4) is 22.6 Å². The van der Waals surface area contributed by atoms with Gasteiger partial charge in [0.15, 0.2) is 17.3 Å². The van der Waals surface area contributed by atoms with E-state index in [9.17, 15) is 14.7 Å². The summed E-state index contributed by atoms with van der Waals surface area (Å²) in [7, 11) is 1.48. The van der Waals surface area contributed by atoms with Gasteiger partial charge in [0, 0.05) is 30.1 Å². The van der Waals surface area contributed by atoms with E-state index in [0.29, 0.717) is 12.0 Å². The number of anilines is 1. The number of hydrogen-bond acceptors (Lipinski definition) is 7. The van der Waals surface area contributed by atoms with Crippen molar-refractivity contribution in [2.45, 2.75) is 83.9 Å². The number of Topliss-reactive ketones (excluding diaryl/α,β-unsaturated/α-hetero) is 1. The van der Waals surface area contributed by atoms with Gasteiger partial charge in [0.25, 0.3) is 0 Å². The van der Waals surface area contributed by atoms with Crippen molar-refractivity contribution in [1.82, 2.24) is 10.3 Å². The number of phenols is 1. The number of nitrogens with zero attached hydrogens (tertiary/aromatic N) is 1. The molecule has 4 rings (SSSR count). The first-order valence-corrected chi connectivity index (χ1v) is 14.2. The largest absolute Gasteiger partial charge is 0.503 e. The zero-order chi connectivity index (χ0) is 29.0. The van der Waals surface area contributed by atoms with Crippen LogP contribution in [0.1, 0.15) is 76.6 Å². The van der Waals surface area contributed by atoms with E-state index in [-0.39, 0.29) is 34.4 Å². The second-order valence-corrected chi connectivity index (χ2v) is 11.7. The van der Waals surface area contributed by atoms with Crippen LogP contribution in [0.15, 0.2) is 36.5 Å². The molecule has 0 aliphatic heterocycles. The molecule has 0 spiro atoms. The Balaban J connectivity index is 1.63. The second kappa shape index (κ2) is 12.3. The van der Waals surface area contributed by atoms with Gasteiger partial charge in [-0.3, -0.25) is 9.78 Å². The summed E-state index contributed by atoms with van der Waals surface area (Å²) < 4.78 is 10.7. The summed E-state index contributed by atoms with van der Waals surface area (Å²) in [5.41, 5.74) is 3.18. The average Bonchev–Trinajstić information content (AvgIpc) is 2.90. The fraction of sp³-hybridized carbons (Fsp3) is 0.452. The number of fused-ring (bicyclic) bond motifs is 1. The zero-order valence-electron chi connectivity index (χ0n) is 23.8. The summed E-state index contributed by atoms with van der Waals surface area (Å²) in [4.78, 5) is 30.0. The number of benzene rings is 2. The van der Waals surface area contributed by atoms with Gasteiger partial charge in [-0.25, -0.2) is 4.79 Å². The van der Waals surface area contributed by atoms with Crippen molar-refractivity contribution in [2.75, 3.05) is 12.4 Å². The third kappa shape index (κ3) is 6.97. The average molecular weight is 568 g/mol. The highest BCUT2D eigenvalue weighted by molar-refractivity contribution is 6.32. The normalized spacial score (nSPS) is 17.4. The molecule has 2 aromatic carbocycles. The van der Waals surface area contributed by atoms with Crippen LogP contribution in [-0.2, 0) is 4.74 Å². The standard InChI is InChI=1S/C31H38ClN3O5/c1-6-7-26(36)23-17-33-25-13-8-18(19-15-24(32)29(37)27(16-19)39-5)14-22(25)28(23)34-20-9-11-21(12-10-20)35-30(38)40-31(2,3)4/h8,13-17,20-21,37H,6-7,9-12H2,1-5H3,(H,33,34)(H,35,38). The maximum absolute atomic E-state index is 13.2. The Hall–Kier alpha value is -3.52. The maximum Gasteiger partial charge on any atom is 0.407 e. The van der Waals surface area contributed by atoms with Crippen molar-refractivity contribution in [3.63, 3.8) is 0 Å². The molecule has 1 amide bonds. The molecule has 3 aromatic rings. The third-order valence-corrected chi connectivity index (χ3v) is 7.31. The number of nitrogens with one attached hydrogen (secondary N) is 2. The number of carbonyl (C=O) groups is 2. The lowest BCUT2D eigenvalue weighted by Crippen LogP contribution is -2.42. The number of amides is 1. The van der Waals surface area contributed by atoms with Crippen LogP contribution in [-0.4, -0.2) is 46.8 Å². The van der Waals surface area contributed by atoms with Crippen LogP contribution in [0, 0.1) is 0 Å². The van der Waals surface area contributed by atoms with Gasteiger partial charge >= 0.3 is 6.09 Å². The van der Waals surface area contributed by atoms with Gasteiger partial charge in [0.1, 0.15) is 5.60 Å². The van der Waals surface area contributed by atoms with E-state index < -0.39 is 11.7 Å². The van der Waals surface area contributed by atoms with Gasteiger partial charge in [-0.2, -0.15) is 0 Å². The molecule has 214 valence electrons. The zero-order valence-corrected chi connectivity index (χ0v) is 24.5. The quantitative estimate of drug-likeness (QED) is 0.242. The Morgan fingerprint density at radius 1 is 1.07 bits per heavy atom. The Morgan fingerprint density at radius 2 is 1.77 bits per heavy atom. The molecule has 1 fully saturated rings. The van der Waals surface area contributed by atoms with Crippen LogP contribution in [0.2, 0.25) is 5.02 Å². The number of pyridine rings is 1. The van der Waals surface area contributed by atoms with E-state index >= 15 is 0 Å². The lowest BCUT2D eigenvalue weighted by atomic mass is 9.90. The predicted octanol–water partition coefficient (Wildman–Crippen LogP) is 7.50. The van der Waals surface area contributed by atoms with Gasteiger partial charge in [-0.15, -0.1) is 0 Å². The minimum Gasteiger partial charge on any atom is -0.503 e. The number of phenolic OH excluding ortho intramolecular Hbond substituents is 1. The number of hydrogen-bond donors (Lipinski definition) is 3. The van der Waals surface area contributed by atoms with Crippen molar-refractivity contribution >= 4 is 40.1 Å². The number of halogens is 1. The van der Waals surface area contributed by atoms with Crippen molar-refractivity contribution in [3.05, 3.63) is 47.1 Å². The highest BCUT2D eigenvalue weighted by Gasteiger charge is 2.26. The molecule has 1 aliphatic rings. The van der Waals surface area contributed by atoms with Crippen LogP contribution in [0.5, 0.6) is 11.5 Å². The van der Waals surface area contributed by atoms with Crippen molar-refractivity contribution in [1.29, 1.82) is 0 Å². The Bertz CT molecular complexity index is 1390. The number of methoxy groups -OCH3 is 1. The minimum atomic E-state index is -0.540. The smallest absolute Gasteiger partial charge is 0.407 e. The topological polar surface area (TPSA) is 110 Å². The van der Waals surface area contributed by atoms with Crippen molar-refractivity contribution < 1.29 is 24.2 Å². The molecule has 8 nitrogen and oxygen atoms in total. The van der Waals surface area contributed by atoms with Gasteiger partial charge < -0.3 is 25.2 Å². The van der Waals surface area contributed by atoms with Crippen LogP contribution in [0.4, 0.5) is 10.5 Å². The lowest BCUT2D eigenvalue weighted by Gasteiger charge is -2.31. The number of ketones is 1. The van der Waals surface area contributed by atoms with Crippen LogP contribution in [0.25, 0.3) is 22.0 Å². The molecule has 0 saturated heterocycles. The first kappa shape index (κ1) is 29.5. The molecule has 1 heterocycles. The third-order valence-electron chi connectivity index (χ3n) is 7.02. The minimum absolute atomic E-state index is 0.0411. The molecule has 1 aromatic heterocycles.